The number of carbonyl (C=O) groups is 3. The van der Waals surface area contributed by atoms with Gasteiger partial charge in [0.2, 0.25) is 5.78 Å². The molecule has 0 aromatic carbocycles. The number of aromatic amines is 1. The Kier molecular flexibility index (Phi) is 6.73. The second kappa shape index (κ2) is 8.81. The van der Waals surface area contributed by atoms with Crippen molar-refractivity contribution in [3.05, 3.63) is 40.0 Å². The summed E-state index contributed by atoms with van der Waals surface area (Å²) < 4.78 is 9.74. The van der Waals surface area contributed by atoms with Gasteiger partial charge >= 0.3 is 11.9 Å². The van der Waals surface area contributed by atoms with Gasteiger partial charge in [-0.05, 0) is 39.3 Å². The third kappa shape index (κ3) is 5.16. The number of ketones is 1. The van der Waals surface area contributed by atoms with Gasteiger partial charge in [0.1, 0.15) is 0 Å². The van der Waals surface area contributed by atoms with Crippen LogP contribution < -0.4 is 0 Å². The molecule has 2 aromatic heterocycles. The number of nitrogens with zero attached hydrogens (tertiary/aromatic N) is 2. The fourth-order valence-corrected chi connectivity index (χ4v) is 3.33. The minimum atomic E-state index is -0.551. The smallest absolute Gasteiger partial charge is 0.339 e. The maximum absolute atomic E-state index is 12.3. The van der Waals surface area contributed by atoms with Gasteiger partial charge in [0.15, 0.2) is 11.8 Å². The van der Waals surface area contributed by atoms with Gasteiger partial charge < -0.3 is 14.5 Å². The van der Waals surface area contributed by atoms with Crippen molar-refractivity contribution in [1.82, 2.24) is 15.0 Å². The molecule has 0 radical (unpaired) electrons. The molecule has 0 spiro atoms. The minimum absolute atomic E-state index is 0.00762. The lowest BCUT2D eigenvalue weighted by Gasteiger charge is -2.05. The molecule has 27 heavy (non-hydrogen) atoms. The second-order valence-electron chi connectivity index (χ2n) is 5.92. The molecule has 0 aliphatic carbocycles. The lowest BCUT2D eigenvalue weighted by molar-refractivity contribution is -0.139. The van der Waals surface area contributed by atoms with E-state index in [9.17, 15) is 14.4 Å². The fraction of sp³-hybridized carbons (Fsp3) is 0.389. The highest BCUT2D eigenvalue weighted by molar-refractivity contribution is 7.99. The zero-order valence-corrected chi connectivity index (χ0v) is 16.7. The number of aryl methyl sites for hydroxylation is 3. The maximum atomic E-state index is 12.3. The number of hydrogen-bond acceptors (Lipinski definition) is 8. The first-order valence-corrected chi connectivity index (χ1v) is 9.12. The average Bonchev–Trinajstić information content (AvgIpc) is 2.91. The van der Waals surface area contributed by atoms with E-state index < -0.39 is 24.3 Å². The van der Waals surface area contributed by atoms with Crippen LogP contribution in [0.4, 0.5) is 0 Å². The molecule has 0 amide bonds. The van der Waals surface area contributed by atoms with E-state index in [-0.39, 0.29) is 11.4 Å². The number of Topliss-reactive ketones (excluding diaryl/α,β-unsaturated/α-hetero) is 1. The van der Waals surface area contributed by atoms with Crippen LogP contribution in [0.15, 0.2) is 11.2 Å². The number of carbonyl (C=O) groups excluding carboxylic acids is 3. The molecule has 0 saturated carbocycles. The third-order valence-corrected chi connectivity index (χ3v) is 4.57. The van der Waals surface area contributed by atoms with Crippen LogP contribution in [-0.4, -0.2) is 52.1 Å². The van der Waals surface area contributed by atoms with Crippen molar-refractivity contribution in [2.75, 3.05) is 19.5 Å². The Hall–Kier alpha value is -2.68. The number of thioether (sulfide) groups is 1. The van der Waals surface area contributed by atoms with Crippen LogP contribution in [0.25, 0.3) is 0 Å². The van der Waals surface area contributed by atoms with Crippen molar-refractivity contribution in [2.45, 2.75) is 32.9 Å². The fourth-order valence-electron chi connectivity index (χ4n) is 2.58. The van der Waals surface area contributed by atoms with Gasteiger partial charge in [0.05, 0.1) is 24.1 Å². The Balaban J connectivity index is 1.93. The predicted octanol–water partition coefficient (Wildman–Crippen LogP) is 2.34. The Morgan fingerprint density at radius 1 is 1.11 bits per heavy atom. The van der Waals surface area contributed by atoms with Crippen molar-refractivity contribution in [3.8, 4) is 0 Å². The predicted molar refractivity (Wildman–Crippen MR) is 99.1 cm³/mol. The summed E-state index contributed by atoms with van der Waals surface area (Å²) in [5.41, 5.74) is 3.16. The summed E-state index contributed by atoms with van der Waals surface area (Å²) in [5.74, 6) is -1.51. The van der Waals surface area contributed by atoms with Crippen LogP contribution in [0.2, 0.25) is 0 Å². The maximum Gasteiger partial charge on any atom is 0.339 e. The van der Waals surface area contributed by atoms with E-state index in [0.29, 0.717) is 22.0 Å². The number of rotatable bonds is 7. The van der Waals surface area contributed by atoms with E-state index in [4.69, 9.17) is 9.47 Å². The van der Waals surface area contributed by atoms with Gasteiger partial charge in [-0.15, -0.1) is 0 Å². The monoisotopic (exact) mass is 391 g/mol. The van der Waals surface area contributed by atoms with Crippen LogP contribution >= 0.6 is 11.8 Å². The lowest BCUT2D eigenvalue weighted by Crippen LogP contribution is -2.17. The van der Waals surface area contributed by atoms with E-state index in [2.05, 4.69) is 15.0 Å². The molecule has 2 aromatic rings. The van der Waals surface area contributed by atoms with Gasteiger partial charge in [-0.1, -0.05) is 11.8 Å². The molecule has 1 N–H and O–H groups in total. The molecule has 2 heterocycles. The number of methoxy groups -OCH3 is 1. The molecule has 0 unspecified atom stereocenters. The Bertz CT molecular complexity index is 871. The second-order valence-corrected chi connectivity index (χ2v) is 6.86. The summed E-state index contributed by atoms with van der Waals surface area (Å²) >= 11 is 1.14. The van der Waals surface area contributed by atoms with E-state index in [1.54, 1.807) is 13.8 Å². The van der Waals surface area contributed by atoms with Gasteiger partial charge in [0, 0.05) is 17.1 Å². The van der Waals surface area contributed by atoms with Crippen molar-refractivity contribution >= 4 is 29.5 Å². The SMILES string of the molecule is COC(=O)c1c(C)[nH]c(C(=O)COC(=O)CSc2nc(C)cc(C)n2)c1C. The van der Waals surface area contributed by atoms with Gasteiger partial charge in [-0.25, -0.2) is 14.8 Å². The average molecular weight is 391 g/mol. The van der Waals surface area contributed by atoms with Crippen LogP contribution in [-0.2, 0) is 14.3 Å². The number of nitrogens with one attached hydrogen (secondary N) is 1. The highest BCUT2D eigenvalue weighted by Gasteiger charge is 2.23. The van der Waals surface area contributed by atoms with Crippen LogP contribution in [0.3, 0.4) is 0 Å². The summed E-state index contributed by atoms with van der Waals surface area (Å²) in [5, 5.41) is 0.481. The molecule has 0 atom stereocenters. The van der Waals surface area contributed by atoms with Gasteiger partial charge in [-0.2, -0.15) is 0 Å². The minimum Gasteiger partial charge on any atom is -0.465 e. The molecule has 0 saturated heterocycles. The lowest BCUT2D eigenvalue weighted by atomic mass is 10.1. The molecule has 9 heteroatoms. The van der Waals surface area contributed by atoms with E-state index in [1.165, 1.54) is 7.11 Å². The van der Waals surface area contributed by atoms with Gasteiger partial charge in [-0.3, -0.25) is 9.59 Å². The first-order valence-electron chi connectivity index (χ1n) is 8.14. The van der Waals surface area contributed by atoms with Crippen LogP contribution in [0, 0.1) is 27.7 Å². The summed E-state index contributed by atoms with van der Waals surface area (Å²) in [6.07, 6.45) is 0. The largest absolute Gasteiger partial charge is 0.465 e. The third-order valence-electron chi connectivity index (χ3n) is 3.75. The van der Waals surface area contributed by atoms with E-state index >= 15 is 0 Å². The number of esters is 2. The Morgan fingerprint density at radius 2 is 1.74 bits per heavy atom. The molecule has 0 bridgehead atoms. The van der Waals surface area contributed by atoms with Crippen LogP contribution in [0.5, 0.6) is 0 Å². The highest BCUT2D eigenvalue weighted by Crippen LogP contribution is 2.19. The first kappa shape index (κ1) is 20.6. The van der Waals surface area contributed by atoms with Crippen molar-refractivity contribution < 1.29 is 23.9 Å². The standard InChI is InChI=1S/C18H21N3O5S/c1-9-6-10(2)20-18(19-9)27-8-14(23)26-7-13(22)16-11(3)15(12(4)21-16)17(24)25-5/h6,21H,7-8H2,1-5H3. The zero-order valence-electron chi connectivity index (χ0n) is 15.8. The van der Waals surface area contributed by atoms with Crippen LogP contribution in [0.1, 0.15) is 43.5 Å². The summed E-state index contributed by atoms with van der Waals surface area (Å²) in [6, 6.07) is 1.84. The number of aromatic nitrogens is 3. The molecule has 144 valence electrons. The molecule has 0 fully saturated rings. The van der Waals surface area contributed by atoms with Gasteiger partial charge in [0.25, 0.3) is 0 Å². The number of H-pyrrole nitrogens is 1. The Labute approximate surface area is 161 Å². The molecule has 0 aliphatic rings. The molecular weight excluding hydrogens is 370 g/mol. The molecular formula is C18H21N3O5S. The summed E-state index contributed by atoms with van der Waals surface area (Å²) in [4.78, 5) is 47.3. The molecule has 0 aliphatic heterocycles. The molecule has 8 nitrogen and oxygen atoms in total. The van der Waals surface area contributed by atoms with Crippen molar-refractivity contribution in [1.29, 1.82) is 0 Å². The molecule has 2 rings (SSSR count). The summed E-state index contributed by atoms with van der Waals surface area (Å²) in [7, 11) is 1.27. The highest BCUT2D eigenvalue weighted by atomic mass is 32.2. The van der Waals surface area contributed by atoms with Crippen molar-refractivity contribution in [2.24, 2.45) is 0 Å². The zero-order chi connectivity index (χ0) is 20.1. The normalized spacial score (nSPS) is 10.6. The van der Waals surface area contributed by atoms with E-state index in [1.807, 2.05) is 19.9 Å². The quantitative estimate of drug-likeness (QED) is 0.331. The van der Waals surface area contributed by atoms with E-state index in [0.717, 1.165) is 23.1 Å². The Morgan fingerprint density at radius 3 is 2.33 bits per heavy atom. The number of hydrogen-bond donors (Lipinski definition) is 1. The first-order chi connectivity index (χ1) is 12.7. The van der Waals surface area contributed by atoms with Crippen molar-refractivity contribution in [3.63, 3.8) is 0 Å². The topological polar surface area (TPSA) is 111 Å². The summed E-state index contributed by atoms with van der Waals surface area (Å²) in [6.45, 7) is 6.58. The number of ether oxygens (including phenoxy) is 2.